The van der Waals surface area contributed by atoms with Gasteiger partial charge in [0.15, 0.2) is 9.84 Å². The SMILES string of the molecule is CC(C)C[C@H](NC(=O)[C@H](Cc1c[nH]c2ccccc12)NC(=O)CN1CCOCC1)C(=O)N[C@@H](Cc1c[nH]c2ccccc12)/C(O)=C\S(C)(=O)=O. The Kier molecular flexibility index (Phi) is 12.0. The van der Waals surface area contributed by atoms with Gasteiger partial charge < -0.3 is 35.8 Å². The number of nitrogens with one attached hydrogen (secondary N) is 5. The molecule has 2 aromatic carbocycles. The number of aliphatic hydroxyl groups excluding tert-OH is 1. The van der Waals surface area contributed by atoms with Crippen LogP contribution in [0.5, 0.6) is 0 Å². The van der Waals surface area contributed by atoms with Gasteiger partial charge in [0, 0.05) is 66.4 Å². The first-order chi connectivity index (χ1) is 23.9. The van der Waals surface area contributed by atoms with E-state index in [1.165, 1.54) is 0 Å². The number of rotatable bonds is 15. The Labute approximate surface area is 291 Å². The smallest absolute Gasteiger partial charge is 0.243 e. The number of carbonyl (C=O) groups is 3. The number of aliphatic hydroxyl groups is 1. The molecule has 0 unspecified atom stereocenters. The van der Waals surface area contributed by atoms with E-state index in [2.05, 4.69) is 25.9 Å². The van der Waals surface area contributed by atoms with Gasteiger partial charge in [0.1, 0.15) is 17.8 Å². The maximum Gasteiger partial charge on any atom is 0.243 e. The summed E-state index contributed by atoms with van der Waals surface area (Å²) in [5.74, 6) is -2.03. The number of para-hydroxylation sites is 2. The van der Waals surface area contributed by atoms with E-state index >= 15 is 0 Å². The summed E-state index contributed by atoms with van der Waals surface area (Å²) in [6.45, 7) is 6.16. The molecular weight excluding hydrogens is 660 g/mol. The van der Waals surface area contributed by atoms with Gasteiger partial charge in [-0.25, -0.2) is 8.42 Å². The van der Waals surface area contributed by atoms with Crippen molar-refractivity contribution in [2.75, 3.05) is 39.1 Å². The highest BCUT2D eigenvalue weighted by molar-refractivity contribution is 7.93. The molecule has 6 N–H and O–H groups in total. The van der Waals surface area contributed by atoms with E-state index < -0.39 is 45.5 Å². The summed E-state index contributed by atoms with van der Waals surface area (Å²) in [4.78, 5) is 49.6. The van der Waals surface area contributed by atoms with Crippen molar-refractivity contribution in [3.05, 3.63) is 83.2 Å². The minimum atomic E-state index is -3.75. The summed E-state index contributed by atoms with van der Waals surface area (Å²) >= 11 is 0. The summed E-state index contributed by atoms with van der Waals surface area (Å²) in [6.07, 6.45) is 5.01. The second-order valence-electron chi connectivity index (χ2n) is 13.3. The molecule has 5 rings (SSSR count). The summed E-state index contributed by atoms with van der Waals surface area (Å²) in [7, 11) is -3.75. The predicted molar refractivity (Wildman–Crippen MR) is 192 cm³/mol. The van der Waals surface area contributed by atoms with Gasteiger partial charge in [0.05, 0.1) is 31.2 Å². The summed E-state index contributed by atoms with van der Waals surface area (Å²) in [5, 5.41) is 22.0. The molecule has 1 aliphatic heterocycles. The number of fused-ring (bicyclic) bond motifs is 2. The highest BCUT2D eigenvalue weighted by Gasteiger charge is 2.31. The molecule has 14 heteroatoms. The molecule has 1 aliphatic rings. The van der Waals surface area contributed by atoms with Crippen molar-refractivity contribution in [2.24, 2.45) is 5.92 Å². The number of aromatic amines is 2. The molecular formula is C36H46N6O7S. The fourth-order valence-corrected chi connectivity index (χ4v) is 6.83. The van der Waals surface area contributed by atoms with E-state index in [0.717, 1.165) is 44.6 Å². The van der Waals surface area contributed by atoms with Gasteiger partial charge in [-0.1, -0.05) is 50.2 Å². The standard InChI is InChI=1S/C36H46N6O7S/c1-23(2)16-31(35(45)40-30(33(43)22-50(3,47)48)17-24-19-37-28-10-6-4-8-26(24)28)41-36(46)32(39-34(44)21-42-12-14-49-15-13-42)18-25-20-38-29-11-7-5-9-27(25)29/h4-11,19-20,22-23,30-32,37-38,43H,12-18,21H2,1-3H3,(H,39,44)(H,40,45)(H,41,46)/b33-22+/t30-,31-,32-/m0/s1. The average Bonchev–Trinajstić information content (AvgIpc) is 3.67. The lowest BCUT2D eigenvalue weighted by Gasteiger charge is -2.28. The number of hydrogen-bond donors (Lipinski definition) is 6. The fraction of sp³-hybridized carbons (Fsp3) is 0.417. The zero-order valence-corrected chi connectivity index (χ0v) is 29.4. The number of amides is 3. The van der Waals surface area contributed by atoms with Crippen LogP contribution >= 0.6 is 0 Å². The Balaban J connectivity index is 1.38. The summed E-state index contributed by atoms with van der Waals surface area (Å²) in [5.41, 5.74) is 3.32. The number of morpholine rings is 1. The van der Waals surface area contributed by atoms with Crippen LogP contribution in [0.15, 0.2) is 72.1 Å². The quantitative estimate of drug-likeness (QED) is 0.102. The molecule has 2 aromatic heterocycles. The van der Waals surface area contributed by atoms with Crippen molar-refractivity contribution in [1.29, 1.82) is 0 Å². The third-order valence-corrected chi connectivity index (χ3v) is 9.34. The maximum absolute atomic E-state index is 14.0. The number of sulfone groups is 1. The second kappa shape index (κ2) is 16.4. The van der Waals surface area contributed by atoms with Crippen LogP contribution in [-0.4, -0.2) is 103 Å². The zero-order chi connectivity index (χ0) is 35.8. The Morgan fingerprint density at radius 2 is 1.36 bits per heavy atom. The number of hydrogen-bond acceptors (Lipinski definition) is 8. The van der Waals surface area contributed by atoms with Crippen molar-refractivity contribution in [2.45, 2.75) is 51.2 Å². The van der Waals surface area contributed by atoms with E-state index in [0.29, 0.717) is 26.3 Å². The number of H-pyrrole nitrogens is 2. The van der Waals surface area contributed by atoms with Crippen molar-refractivity contribution in [3.8, 4) is 0 Å². The van der Waals surface area contributed by atoms with Crippen LogP contribution in [0.4, 0.5) is 0 Å². The molecule has 0 radical (unpaired) electrons. The van der Waals surface area contributed by atoms with Gasteiger partial charge in [-0.05, 0) is 35.6 Å². The molecule has 0 aliphatic carbocycles. The molecule has 3 atom stereocenters. The Hall–Kier alpha value is -4.66. The first-order valence-corrected chi connectivity index (χ1v) is 18.7. The van der Waals surface area contributed by atoms with Gasteiger partial charge in [0.2, 0.25) is 17.7 Å². The highest BCUT2D eigenvalue weighted by atomic mass is 32.2. The number of ether oxygens (including phenoxy) is 1. The first-order valence-electron chi connectivity index (χ1n) is 16.8. The monoisotopic (exact) mass is 706 g/mol. The van der Waals surface area contributed by atoms with E-state index in [1.54, 1.807) is 6.20 Å². The van der Waals surface area contributed by atoms with E-state index in [9.17, 15) is 27.9 Å². The number of aromatic nitrogens is 2. The van der Waals surface area contributed by atoms with Gasteiger partial charge in [-0.3, -0.25) is 19.3 Å². The van der Waals surface area contributed by atoms with Gasteiger partial charge >= 0.3 is 0 Å². The van der Waals surface area contributed by atoms with E-state index in [-0.39, 0.29) is 37.6 Å². The zero-order valence-electron chi connectivity index (χ0n) is 28.6. The Morgan fingerprint density at radius 1 is 0.840 bits per heavy atom. The van der Waals surface area contributed by atoms with Crippen molar-refractivity contribution >= 4 is 49.4 Å². The topological polar surface area (TPSA) is 186 Å². The summed E-state index contributed by atoms with van der Waals surface area (Å²) < 4.78 is 29.6. The lowest BCUT2D eigenvalue weighted by molar-refractivity contribution is -0.133. The minimum absolute atomic E-state index is 0.0266. The Morgan fingerprint density at radius 3 is 1.92 bits per heavy atom. The van der Waals surface area contributed by atoms with Crippen LogP contribution in [0.3, 0.4) is 0 Å². The van der Waals surface area contributed by atoms with Crippen LogP contribution in [0.1, 0.15) is 31.4 Å². The second-order valence-corrected chi connectivity index (χ2v) is 15.2. The van der Waals surface area contributed by atoms with Gasteiger partial charge in [-0.15, -0.1) is 0 Å². The highest BCUT2D eigenvalue weighted by Crippen LogP contribution is 2.22. The van der Waals surface area contributed by atoms with Crippen LogP contribution in [0.2, 0.25) is 0 Å². The maximum atomic E-state index is 14.0. The average molecular weight is 707 g/mol. The van der Waals surface area contributed by atoms with Crippen molar-refractivity contribution in [3.63, 3.8) is 0 Å². The van der Waals surface area contributed by atoms with Gasteiger partial charge in [0.25, 0.3) is 0 Å². The molecule has 1 saturated heterocycles. The van der Waals surface area contributed by atoms with E-state index in [1.807, 2.05) is 73.5 Å². The van der Waals surface area contributed by atoms with E-state index in [4.69, 9.17) is 4.74 Å². The van der Waals surface area contributed by atoms with Crippen LogP contribution < -0.4 is 16.0 Å². The number of nitrogens with zero attached hydrogens (tertiary/aromatic N) is 1. The molecule has 50 heavy (non-hydrogen) atoms. The molecule has 3 amide bonds. The number of benzene rings is 2. The van der Waals surface area contributed by atoms with Crippen molar-refractivity contribution < 1.29 is 32.6 Å². The minimum Gasteiger partial charge on any atom is -0.509 e. The third kappa shape index (κ3) is 9.96. The van der Waals surface area contributed by atoms with Crippen LogP contribution in [-0.2, 0) is 41.8 Å². The predicted octanol–water partition coefficient (Wildman–Crippen LogP) is 2.71. The molecule has 0 spiro atoms. The third-order valence-electron chi connectivity index (χ3n) is 8.67. The van der Waals surface area contributed by atoms with Crippen LogP contribution in [0.25, 0.3) is 21.8 Å². The van der Waals surface area contributed by atoms with Crippen LogP contribution in [0, 0.1) is 5.92 Å². The normalized spacial score (nSPS) is 16.3. The Bertz CT molecular complexity index is 1940. The first kappa shape index (κ1) is 36.6. The molecule has 0 bridgehead atoms. The summed E-state index contributed by atoms with van der Waals surface area (Å²) in [6, 6.07) is 12.0. The molecule has 0 saturated carbocycles. The molecule has 3 heterocycles. The fourth-order valence-electron chi connectivity index (χ4n) is 6.23. The lowest BCUT2D eigenvalue weighted by atomic mass is 9.99. The van der Waals surface area contributed by atoms with Crippen molar-refractivity contribution in [1.82, 2.24) is 30.8 Å². The number of carbonyl (C=O) groups excluding carboxylic acids is 3. The molecule has 1 fully saturated rings. The van der Waals surface area contributed by atoms with Gasteiger partial charge in [-0.2, -0.15) is 0 Å². The molecule has 13 nitrogen and oxygen atoms in total. The lowest BCUT2D eigenvalue weighted by Crippen LogP contribution is -2.57. The molecule has 4 aromatic rings. The largest absolute Gasteiger partial charge is 0.509 e. The molecule has 268 valence electrons.